The molecule has 1 spiro atoms. The fraction of sp³-hybridized carbons (Fsp3) is 0.652. The zero-order chi connectivity index (χ0) is 26.1. The van der Waals surface area contributed by atoms with Crippen molar-refractivity contribution in [1.82, 2.24) is 19.2 Å². The van der Waals surface area contributed by atoms with E-state index in [0.717, 1.165) is 37.2 Å². The molecule has 4 heterocycles. The van der Waals surface area contributed by atoms with E-state index in [1.807, 2.05) is 11.8 Å². The van der Waals surface area contributed by atoms with Crippen LogP contribution >= 0.6 is 11.3 Å². The molecule has 1 amide bonds. The number of fused-ring (bicyclic) bond motifs is 1. The maximum absolute atomic E-state index is 13.3. The number of aromatic nitrogens is 2. The first-order valence-electron chi connectivity index (χ1n) is 12.0. The number of likely N-dealkylation sites (tertiary alicyclic amines) is 1. The Bertz CT molecular complexity index is 1170. The van der Waals surface area contributed by atoms with Crippen LogP contribution < -0.4 is 5.56 Å². The number of thiazole rings is 1. The predicted molar refractivity (Wildman–Crippen MR) is 125 cm³/mol. The summed E-state index contributed by atoms with van der Waals surface area (Å²) in [6.45, 7) is 5.82. The first-order valence-corrected chi connectivity index (χ1v) is 12.8. The van der Waals surface area contributed by atoms with Gasteiger partial charge in [0.2, 0.25) is 0 Å². The highest BCUT2D eigenvalue weighted by Gasteiger charge is 2.49. The Kier molecular flexibility index (Phi) is 7.72. The quantitative estimate of drug-likeness (QED) is 0.637. The van der Waals surface area contributed by atoms with Gasteiger partial charge >= 0.3 is 12.1 Å². The number of carboxylic acids is 1. The zero-order valence-electron chi connectivity index (χ0n) is 19.9. The van der Waals surface area contributed by atoms with Crippen LogP contribution in [0.1, 0.15) is 53.8 Å². The molecule has 0 aromatic carbocycles. The third kappa shape index (κ3) is 5.42. The van der Waals surface area contributed by atoms with Crippen LogP contribution in [0.5, 0.6) is 0 Å². The summed E-state index contributed by atoms with van der Waals surface area (Å²) < 4.78 is 39.7. The number of nitrogens with zero attached hydrogens (tertiary/aromatic N) is 4. The predicted octanol–water partition coefficient (Wildman–Crippen LogP) is 2.95. The minimum atomic E-state index is -5.08. The van der Waals surface area contributed by atoms with E-state index in [4.69, 9.17) is 14.6 Å². The van der Waals surface area contributed by atoms with Gasteiger partial charge in [-0.25, -0.2) is 9.78 Å². The van der Waals surface area contributed by atoms with Gasteiger partial charge in [0.1, 0.15) is 11.2 Å². The molecule has 0 bridgehead atoms. The Balaban J connectivity index is 0.000000384. The van der Waals surface area contributed by atoms with Crippen LogP contribution in [0.3, 0.4) is 0 Å². The number of halogens is 3. The van der Waals surface area contributed by atoms with E-state index < -0.39 is 12.1 Å². The van der Waals surface area contributed by atoms with Crippen molar-refractivity contribution in [2.75, 3.05) is 32.8 Å². The van der Waals surface area contributed by atoms with Crippen molar-refractivity contribution in [3.8, 4) is 0 Å². The highest BCUT2D eigenvalue weighted by molar-refractivity contribution is 7.16. The number of hydrogen-bond acceptors (Lipinski definition) is 7. The molecule has 2 unspecified atom stereocenters. The number of carboxylic acid groups (broad SMARTS) is 1. The average molecular weight is 531 g/mol. The van der Waals surface area contributed by atoms with Gasteiger partial charge in [-0.15, -0.1) is 11.3 Å². The lowest BCUT2D eigenvalue weighted by Gasteiger charge is -2.52. The van der Waals surface area contributed by atoms with Crippen LogP contribution in [-0.2, 0) is 9.53 Å². The van der Waals surface area contributed by atoms with E-state index in [1.54, 1.807) is 6.20 Å². The highest BCUT2D eigenvalue weighted by Crippen LogP contribution is 2.39. The third-order valence-electron chi connectivity index (χ3n) is 7.01. The lowest BCUT2D eigenvalue weighted by Crippen LogP contribution is -2.64. The molecule has 2 atom stereocenters. The Labute approximate surface area is 209 Å². The van der Waals surface area contributed by atoms with Crippen LogP contribution in [-0.4, -0.2) is 86.8 Å². The topological polar surface area (TPSA) is 104 Å². The summed E-state index contributed by atoms with van der Waals surface area (Å²) in [5.41, 5.74) is -0.418. The van der Waals surface area contributed by atoms with Gasteiger partial charge in [0.15, 0.2) is 4.96 Å². The van der Waals surface area contributed by atoms with Crippen LogP contribution in [0, 0.1) is 6.92 Å². The summed E-state index contributed by atoms with van der Waals surface area (Å²) >= 11 is 1.46. The van der Waals surface area contributed by atoms with Crippen molar-refractivity contribution in [3.63, 3.8) is 0 Å². The normalized spacial score (nSPS) is 25.1. The number of morpholine rings is 1. The minimum Gasteiger partial charge on any atom is -0.475 e. The number of ether oxygens (including phenoxy) is 1. The van der Waals surface area contributed by atoms with E-state index in [-0.39, 0.29) is 22.6 Å². The second kappa shape index (κ2) is 10.5. The lowest BCUT2D eigenvalue weighted by atomic mass is 9.78. The monoisotopic (exact) mass is 530 g/mol. The van der Waals surface area contributed by atoms with Crippen LogP contribution in [0.15, 0.2) is 17.2 Å². The van der Waals surface area contributed by atoms with Crippen LogP contribution in [0.25, 0.3) is 4.96 Å². The second-order valence-corrected chi connectivity index (χ2v) is 10.6. The van der Waals surface area contributed by atoms with Crippen molar-refractivity contribution in [2.45, 2.75) is 63.3 Å². The average Bonchev–Trinajstić information content (AvgIpc) is 3.49. The third-order valence-corrected chi connectivity index (χ3v) is 7.92. The number of amides is 1. The van der Waals surface area contributed by atoms with E-state index in [9.17, 15) is 22.8 Å². The molecule has 3 fully saturated rings. The van der Waals surface area contributed by atoms with Gasteiger partial charge in [-0.2, -0.15) is 13.2 Å². The van der Waals surface area contributed by atoms with Gasteiger partial charge in [-0.05, 0) is 45.7 Å². The molecule has 2 aromatic rings. The number of carbonyl (C=O) groups excluding carboxylic acids is 1. The van der Waals surface area contributed by atoms with Crippen LogP contribution in [0.2, 0.25) is 0 Å². The van der Waals surface area contributed by atoms with Crippen molar-refractivity contribution in [3.05, 3.63) is 33.2 Å². The largest absolute Gasteiger partial charge is 0.490 e. The summed E-state index contributed by atoms with van der Waals surface area (Å²) in [6.07, 6.45) is 5.10. The maximum Gasteiger partial charge on any atom is 0.490 e. The van der Waals surface area contributed by atoms with Gasteiger partial charge in [-0.1, -0.05) is 12.8 Å². The molecule has 9 nitrogen and oxygen atoms in total. The standard InChI is InChI=1S/C21H28N4O3S.C2HF3O2/c1-15-13-25-19(27)16(12-22-20(25)29-15)18(26)24-10-11-28-21(14-24)7-3-2-6-17(21)23-8-4-5-9-23;3-2(4,5)1(6)7/h12-13,17H,2-11,14H2,1H3;(H,6,7). The van der Waals surface area contributed by atoms with E-state index in [0.29, 0.717) is 30.7 Å². The van der Waals surface area contributed by atoms with E-state index >= 15 is 0 Å². The lowest BCUT2D eigenvalue weighted by molar-refractivity contribution is -0.192. The van der Waals surface area contributed by atoms with Gasteiger partial charge in [-0.3, -0.25) is 18.9 Å². The molecule has 2 saturated heterocycles. The summed E-state index contributed by atoms with van der Waals surface area (Å²) in [5, 5.41) is 7.12. The molecular weight excluding hydrogens is 501 g/mol. The Morgan fingerprint density at radius 2 is 1.89 bits per heavy atom. The number of carbonyl (C=O) groups is 2. The maximum atomic E-state index is 13.3. The number of aliphatic carboxylic acids is 1. The van der Waals surface area contributed by atoms with Gasteiger partial charge in [0.25, 0.3) is 11.5 Å². The molecule has 2 aliphatic heterocycles. The summed E-state index contributed by atoms with van der Waals surface area (Å²) in [5.74, 6) is -2.97. The van der Waals surface area contributed by atoms with Gasteiger partial charge in [0, 0.05) is 29.9 Å². The SMILES string of the molecule is Cc1cn2c(=O)c(C(=O)N3CCOC4(CCCCC4N4CCCC4)C3)cnc2s1.O=C(O)C(F)(F)F. The van der Waals surface area contributed by atoms with Crippen molar-refractivity contribution in [1.29, 1.82) is 0 Å². The fourth-order valence-electron chi connectivity index (χ4n) is 5.41. The molecule has 13 heteroatoms. The molecule has 1 saturated carbocycles. The highest BCUT2D eigenvalue weighted by atomic mass is 32.1. The van der Waals surface area contributed by atoms with Crippen molar-refractivity contribution in [2.24, 2.45) is 0 Å². The smallest absolute Gasteiger partial charge is 0.475 e. The molecule has 2 aromatic heterocycles. The molecular formula is C23H29F3N4O5S. The summed E-state index contributed by atoms with van der Waals surface area (Å²) in [6, 6.07) is 0.371. The molecule has 1 N–H and O–H groups in total. The number of aryl methyl sites for hydroxylation is 1. The number of hydrogen-bond donors (Lipinski definition) is 1. The van der Waals surface area contributed by atoms with Crippen molar-refractivity contribution < 1.29 is 32.6 Å². The van der Waals surface area contributed by atoms with E-state index in [2.05, 4.69) is 9.88 Å². The number of alkyl halides is 3. The van der Waals surface area contributed by atoms with Crippen molar-refractivity contribution >= 4 is 28.2 Å². The van der Waals surface area contributed by atoms with Crippen LogP contribution in [0.4, 0.5) is 13.2 Å². The molecule has 0 radical (unpaired) electrons. The Morgan fingerprint density at radius 3 is 2.56 bits per heavy atom. The Morgan fingerprint density at radius 1 is 1.19 bits per heavy atom. The molecule has 36 heavy (non-hydrogen) atoms. The second-order valence-electron chi connectivity index (χ2n) is 9.42. The first kappa shape index (κ1) is 26.6. The first-order chi connectivity index (χ1) is 17.0. The fourth-order valence-corrected chi connectivity index (χ4v) is 6.19. The molecule has 198 valence electrons. The minimum absolute atomic E-state index is 0.158. The van der Waals surface area contributed by atoms with Gasteiger partial charge in [0.05, 0.1) is 13.2 Å². The molecule has 5 rings (SSSR count). The Hall–Kier alpha value is -2.51. The zero-order valence-corrected chi connectivity index (χ0v) is 20.7. The molecule has 3 aliphatic rings. The van der Waals surface area contributed by atoms with E-state index in [1.165, 1.54) is 41.2 Å². The summed E-state index contributed by atoms with van der Waals surface area (Å²) in [7, 11) is 0. The number of rotatable bonds is 2. The van der Waals surface area contributed by atoms with Gasteiger partial charge < -0.3 is 14.7 Å². The molecule has 1 aliphatic carbocycles. The summed E-state index contributed by atoms with van der Waals surface area (Å²) in [4.78, 5) is 45.5.